The number of benzene rings is 1. The Morgan fingerprint density at radius 3 is 2.52 bits per heavy atom. The van der Waals surface area contributed by atoms with Gasteiger partial charge in [-0.1, -0.05) is 42.4 Å². The van der Waals surface area contributed by atoms with E-state index < -0.39 is 0 Å². The zero-order chi connectivity index (χ0) is 20.6. The third kappa shape index (κ3) is 6.13. The van der Waals surface area contributed by atoms with Crippen molar-refractivity contribution in [2.45, 2.75) is 32.9 Å². The van der Waals surface area contributed by atoms with Gasteiger partial charge < -0.3 is 15.2 Å². The molecule has 8 nitrogen and oxygen atoms in total. The van der Waals surface area contributed by atoms with Gasteiger partial charge in [-0.3, -0.25) is 19.4 Å². The summed E-state index contributed by atoms with van der Waals surface area (Å²) in [6.07, 6.45) is 0.709. The monoisotopic (exact) mass is 399 g/mol. The molecule has 0 radical (unpaired) electrons. The number of nitrogens with zero attached hydrogens (tertiary/aromatic N) is 3. The van der Waals surface area contributed by atoms with E-state index in [1.165, 1.54) is 0 Å². The summed E-state index contributed by atoms with van der Waals surface area (Å²) in [4.78, 5) is 29.1. The first kappa shape index (κ1) is 21.0. The molecule has 0 spiro atoms. The van der Waals surface area contributed by atoms with Crippen molar-refractivity contribution in [1.29, 1.82) is 0 Å². The van der Waals surface area contributed by atoms with Crippen molar-refractivity contribution in [1.82, 2.24) is 20.3 Å². The molecule has 2 amide bonds. The maximum atomic E-state index is 12.6. The first-order valence-electron chi connectivity index (χ1n) is 10.1. The van der Waals surface area contributed by atoms with Crippen molar-refractivity contribution >= 4 is 17.6 Å². The number of hydrogen-bond acceptors (Lipinski definition) is 6. The second kappa shape index (κ2) is 10.2. The number of carbonyl (C=O) groups is 2. The van der Waals surface area contributed by atoms with Gasteiger partial charge in [0.1, 0.15) is 5.76 Å². The van der Waals surface area contributed by atoms with Crippen LogP contribution in [0.3, 0.4) is 0 Å². The van der Waals surface area contributed by atoms with E-state index >= 15 is 0 Å². The predicted molar refractivity (Wildman–Crippen MR) is 110 cm³/mol. The van der Waals surface area contributed by atoms with Crippen LogP contribution >= 0.6 is 0 Å². The molecule has 1 aromatic heterocycles. The van der Waals surface area contributed by atoms with Crippen LogP contribution in [-0.4, -0.2) is 65.5 Å². The van der Waals surface area contributed by atoms with E-state index in [9.17, 15) is 9.59 Å². The summed E-state index contributed by atoms with van der Waals surface area (Å²) in [6, 6.07) is 11.4. The van der Waals surface area contributed by atoms with E-state index in [2.05, 4.69) is 25.6 Å². The molecule has 1 fully saturated rings. The first-order valence-corrected chi connectivity index (χ1v) is 10.1. The number of hydrogen-bond donors (Lipinski definition) is 2. The SMILES string of the molecule is CCC(C(=O)Nc1cc(C)on1)N1CCN(CC(=O)NCc2ccccc2)CC1. The molecule has 0 saturated carbocycles. The highest BCUT2D eigenvalue weighted by atomic mass is 16.5. The Kier molecular flexibility index (Phi) is 7.37. The van der Waals surface area contributed by atoms with Crippen LogP contribution in [0.25, 0.3) is 0 Å². The van der Waals surface area contributed by atoms with E-state index in [-0.39, 0.29) is 17.9 Å². The van der Waals surface area contributed by atoms with Crippen LogP contribution in [0.4, 0.5) is 5.82 Å². The second-order valence-electron chi connectivity index (χ2n) is 7.31. The number of amides is 2. The molecule has 1 aromatic carbocycles. The highest BCUT2D eigenvalue weighted by Crippen LogP contribution is 2.13. The number of aryl methyl sites for hydroxylation is 1. The first-order chi connectivity index (χ1) is 14.0. The van der Waals surface area contributed by atoms with Crippen LogP contribution in [0.15, 0.2) is 40.9 Å². The third-order valence-electron chi connectivity index (χ3n) is 5.12. The Balaban J connectivity index is 1.42. The van der Waals surface area contributed by atoms with E-state index in [4.69, 9.17) is 4.52 Å². The van der Waals surface area contributed by atoms with Crippen molar-refractivity contribution < 1.29 is 14.1 Å². The number of carbonyl (C=O) groups excluding carboxylic acids is 2. The molecule has 2 heterocycles. The number of anilines is 1. The van der Waals surface area contributed by atoms with Gasteiger partial charge in [-0.15, -0.1) is 0 Å². The van der Waals surface area contributed by atoms with Crippen molar-refractivity contribution in [2.24, 2.45) is 0 Å². The summed E-state index contributed by atoms with van der Waals surface area (Å²) in [5.74, 6) is 1.05. The van der Waals surface area contributed by atoms with E-state index in [0.29, 0.717) is 31.1 Å². The Morgan fingerprint density at radius 2 is 1.90 bits per heavy atom. The standard InChI is InChI=1S/C21H29N5O3/c1-3-18(21(28)23-19-13-16(2)29-24-19)26-11-9-25(10-12-26)15-20(27)22-14-17-7-5-4-6-8-17/h4-8,13,18H,3,9-12,14-15H2,1-2H3,(H,22,27)(H,23,24,28). The maximum absolute atomic E-state index is 12.6. The van der Waals surface area contributed by atoms with Gasteiger partial charge in [0.2, 0.25) is 11.8 Å². The lowest BCUT2D eigenvalue weighted by molar-refractivity contribution is -0.125. The molecule has 1 saturated heterocycles. The molecule has 3 rings (SSSR count). The van der Waals surface area contributed by atoms with Crippen molar-refractivity contribution in [2.75, 3.05) is 38.0 Å². The number of nitrogens with one attached hydrogen (secondary N) is 2. The quantitative estimate of drug-likeness (QED) is 0.701. The lowest BCUT2D eigenvalue weighted by atomic mass is 10.1. The lowest BCUT2D eigenvalue weighted by Gasteiger charge is -2.38. The smallest absolute Gasteiger partial charge is 0.242 e. The summed E-state index contributed by atoms with van der Waals surface area (Å²) in [7, 11) is 0. The molecule has 156 valence electrons. The van der Waals surface area contributed by atoms with Crippen LogP contribution in [0, 0.1) is 6.92 Å². The van der Waals surface area contributed by atoms with Crippen molar-refractivity contribution in [3.05, 3.63) is 47.7 Å². The van der Waals surface area contributed by atoms with Gasteiger partial charge in [-0.25, -0.2) is 0 Å². The fourth-order valence-corrected chi connectivity index (χ4v) is 3.53. The van der Waals surface area contributed by atoms with E-state index in [0.717, 1.165) is 31.7 Å². The van der Waals surface area contributed by atoms with E-state index in [1.54, 1.807) is 13.0 Å². The molecule has 8 heteroatoms. The Labute approximate surface area is 171 Å². The normalized spacial score (nSPS) is 16.3. The van der Waals surface area contributed by atoms with Crippen LogP contribution in [0.2, 0.25) is 0 Å². The molecule has 0 aliphatic carbocycles. The van der Waals surface area contributed by atoms with Gasteiger partial charge in [0.15, 0.2) is 5.82 Å². The fourth-order valence-electron chi connectivity index (χ4n) is 3.53. The predicted octanol–water partition coefficient (Wildman–Crippen LogP) is 1.63. The molecule has 1 unspecified atom stereocenters. The van der Waals surface area contributed by atoms with Gasteiger partial charge >= 0.3 is 0 Å². The van der Waals surface area contributed by atoms with Crippen LogP contribution < -0.4 is 10.6 Å². The summed E-state index contributed by atoms with van der Waals surface area (Å²) >= 11 is 0. The molecule has 2 N–H and O–H groups in total. The molecular weight excluding hydrogens is 370 g/mol. The minimum Gasteiger partial charge on any atom is -0.360 e. The van der Waals surface area contributed by atoms with Crippen LogP contribution in [0.5, 0.6) is 0 Å². The van der Waals surface area contributed by atoms with Gasteiger partial charge in [0.25, 0.3) is 0 Å². The average molecular weight is 399 g/mol. The minimum absolute atomic E-state index is 0.0217. The molecule has 2 aromatic rings. The van der Waals surface area contributed by atoms with Crippen molar-refractivity contribution in [3.8, 4) is 0 Å². The van der Waals surface area contributed by atoms with Gasteiger partial charge in [-0.2, -0.15) is 0 Å². The zero-order valence-electron chi connectivity index (χ0n) is 17.1. The van der Waals surface area contributed by atoms with Crippen molar-refractivity contribution in [3.63, 3.8) is 0 Å². The topological polar surface area (TPSA) is 90.7 Å². The molecule has 1 aliphatic heterocycles. The highest BCUT2D eigenvalue weighted by Gasteiger charge is 2.28. The Hall–Kier alpha value is -2.71. The van der Waals surface area contributed by atoms with Gasteiger partial charge in [0, 0.05) is 38.8 Å². The lowest BCUT2D eigenvalue weighted by Crippen LogP contribution is -2.54. The molecule has 29 heavy (non-hydrogen) atoms. The fraction of sp³-hybridized carbons (Fsp3) is 0.476. The summed E-state index contributed by atoms with van der Waals surface area (Å²) in [6.45, 7) is 7.71. The summed E-state index contributed by atoms with van der Waals surface area (Å²) < 4.78 is 5.00. The molecule has 1 atom stereocenters. The van der Waals surface area contributed by atoms with Gasteiger partial charge in [0.05, 0.1) is 12.6 Å². The maximum Gasteiger partial charge on any atom is 0.242 e. The minimum atomic E-state index is -0.221. The van der Waals surface area contributed by atoms with E-state index in [1.807, 2.05) is 37.3 Å². The molecular formula is C21H29N5O3. The average Bonchev–Trinajstić information content (AvgIpc) is 3.13. The highest BCUT2D eigenvalue weighted by molar-refractivity contribution is 5.94. The Morgan fingerprint density at radius 1 is 1.17 bits per heavy atom. The largest absolute Gasteiger partial charge is 0.360 e. The van der Waals surface area contributed by atoms with Crippen LogP contribution in [-0.2, 0) is 16.1 Å². The number of aromatic nitrogens is 1. The second-order valence-corrected chi connectivity index (χ2v) is 7.31. The molecule has 0 bridgehead atoms. The molecule has 1 aliphatic rings. The Bertz CT molecular complexity index is 800. The summed E-state index contributed by atoms with van der Waals surface area (Å²) in [5.41, 5.74) is 1.09. The summed E-state index contributed by atoms with van der Waals surface area (Å²) in [5, 5.41) is 9.61. The number of piperazine rings is 1. The van der Waals surface area contributed by atoms with Gasteiger partial charge in [-0.05, 0) is 18.9 Å². The third-order valence-corrected chi connectivity index (χ3v) is 5.12. The zero-order valence-corrected chi connectivity index (χ0v) is 17.1. The number of rotatable bonds is 8. The van der Waals surface area contributed by atoms with Crippen LogP contribution in [0.1, 0.15) is 24.7 Å².